The molecular formula is C29H29N5O3. The topological polar surface area (TPSA) is 104 Å². The number of hydrogen-bond acceptors (Lipinski definition) is 5. The van der Waals surface area contributed by atoms with Gasteiger partial charge in [-0.2, -0.15) is 5.10 Å². The van der Waals surface area contributed by atoms with E-state index in [1.807, 2.05) is 56.6 Å². The quantitative estimate of drug-likeness (QED) is 0.443. The zero-order valence-electron chi connectivity index (χ0n) is 20.9. The molecule has 4 aromatic rings. The van der Waals surface area contributed by atoms with Gasteiger partial charge in [0.25, 0.3) is 11.5 Å². The number of nitrogens with zero attached hydrogens (tertiary/aromatic N) is 4. The Morgan fingerprint density at radius 3 is 2.62 bits per heavy atom. The van der Waals surface area contributed by atoms with Gasteiger partial charge < -0.3 is 15.0 Å². The van der Waals surface area contributed by atoms with Crippen LogP contribution in [0.2, 0.25) is 0 Å². The summed E-state index contributed by atoms with van der Waals surface area (Å²) in [6, 6.07) is 17.5. The van der Waals surface area contributed by atoms with E-state index in [0.717, 1.165) is 40.9 Å². The highest BCUT2D eigenvalue weighted by molar-refractivity contribution is 5.83. The number of carbonyl (C=O) groups excluding carboxylic acids is 1. The number of aryl methyl sites for hydroxylation is 2. The van der Waals surface area contributed by atoms with Crippen LogP contribution >= 0.6 is 0 Å². The van der Waals surface area contributed by atoms with Gasteiger partial charge in [-0.3, -0.25) is 14.3 Å². The number of aromatic amines is 1. The van der Waals surface area contributed by atoms with Crippen LogP contribution in [0.5, 0.6) is 0 Å². The fraction of sp³-hybridized carbons (Fsp3) is 0.310. The second-order valence-corrected chi connectivity index (χ2v) is 10.1. The molecule has 1 unspecified atom stereocenters. The molecule has 3 heterocycles. The van der Waals surface area contributed by atoms with Gasteiger partial charge in [0.1, 0.15) is 5.82 Å². The molecule has 2 aliphatic rings. The SMILES string of the molecule is Cc1nn(C)cc1-c1cccc(C(O)C(=O)N2CCc3nc(C4(c5ccccc5)CC4)[nH]c(=O)c3C2)c1. The minimum atomic E-state index is -1.32. The lowest BCUT2D eigenvalue weighted by atomic mass is 9.94. The monoisotopic (exact) mass is 495 g/mol. The number of aliphatic hydroxyl groups is 1. The molecule has 188 valence electrons. The Bertz CT molecular complexity index is 1550. The Labute approximate surface area is 214 Å². The van der Waals surface area contributed by atoms with E-state index in [2.05, 4.69) is 22.2 Å². The number of aliphatic hydroxyl groups excluding tert-OH is 1. The summed E-state index contributed by atoms with van der Waals surface area (Å²) >= 11 is 0. The molecular weight excluding hydrogens is 466 g/mol. The van der Waals surface area contributed by atoms with Crippen molar-refractivity contribution in [2.24, 2.45) is 7.05 Å². The van der Waals surface area contributed by atoms with Gasteiger partial charge in [0, 0.05) is 31.8 Å². The number of carbonyl (C=O) groups is 1. The third-order valence-electron chi connectivity index (χ3n) is 7.67. The van der Waals surface area contributed by atoms with Crippen molar-refractivity contribution in [3.8, 4) is 11.1 Å². The van der Waals surface area contributed by atoms with E-state index < -0.39 is 12.0 Å². The highest BCUT2D eigenvalue weighted by atomic mass is 16.3. The maximum Gasteiger partial charge on any atom is 0.256 e. The lowest BCUT2D eigenvalue weighted by molar-refractivity contribution is -0.141. The average Bonchev–Trinajstić information content (AvgIpc) is 3.66. The molecule has 1 amide bonds. The van der Waals surface area contributed by atoms with Crippen LogP contribution in [0, 0.1) is 6.92 Å². The third kappa shape index (κ3) is 4.07. The predicted octanol–water partition coefficient (Wildman–Crippen LogP) is 3.18. The van der Waals surface area contributed by atoms with E-state index in [0.29, 0.717) is 29.9 Å². The van der Waals surface area contributed by atoms with Crippen LogP contribution in [0.3, 0.4) is 0 Å². The number of rotatable bonds is 5. The molecule has 1 saturated carbocycles. The summed E-state index contributed by atoms with van der Waals surface area (Å²) in [6.07, 6.45) is 2.98. The number of nitrogens with one attached hydrogen (secondary N) is 1. The van der Waals surface area contributed by atoms with Crippen molar-refractivity contribution in [3.63, 3.8) is 0 Å². The molecule has 6 rings (SSSR count). The van der Waals surface area contributed by atoms with Crippen LogP contribution < -0.4 is 5.56 Å². The average molecular weight is 496 g/mol. The fourth-order valence-corrected chi connectivity index (χ4v) is 5.46. The molecule has 0 radical (unpaired) electrons. The Kier molecular flexibility index (Phi) is 5.56. The van der Waals surface area contributed by atoms with Crippen LogP contribution in [-0.2, 0) is 30.2 Å². The minimum absolute atomic E-state index is 0.133. The van der Waals surface area contributed by atoms with E-state index in [9.17, 15) is 14.7 Å². The maximum atomic E-state index is 13.3. The van der Waals surface area contributed by atoms with E-state index in [-0.39, 0.29) is 17.5 Å². The molecule has 1 aliphatic carbocycles. The highest BCUT2D eigenvalue weighted by Gasteiger charge is 2.48. The number of fused-ring (bicyclic) bond motifs is 1. The Balaban J connectivity index is 1.23. The first kappa shape index (κ1) is 23.4. The van der Waals surface area contributed by atoms with E-state index in [1.165, 1.54) is 0 Å². The predicted molar refractivity (Wildman–Crippen MR) is 139 cm³/mol. The maximum absolute atomic E-state index is 13.3. The lowest BCUT2D eigenvalue weighted by Crippen LogP contribution is -2.42. The van der Waals surface area contributed by atoms with Crippen molar-refractivity contribution in [2.45, 2.75) is 44.2 Å². The Morgan fingerprint density at radius 1 is 1.14 bits per heavy atom. The second-order valence-electron chi connectivity index (χ2n) is 10.1. The van der Waals surface area contributed by atoms with Crippen LogP contribution in [0.15, 0.2) is 65.6 Å². The zero-order chi connectivity index (χ0) is 25.7. The van der Waals surface area contributed by atoms with Gasteiger partial charge in [0.05, 0.1) is 28.9 Å². The fourth-order valence-electron chi connectivity index (χ4n) is 5.46. The molecule has 1 aliphatic heterocycles. The second kappa shape index (κ2) is 8.81. The molecule has 0 spiro atoms. The van der Waals surface area contributed by atoms with Crippen LogP contribution in [0.1, 0.15) is 52.8 Å². The van der Waals surface area contributed by atoms with Gasteiger partial charge in [-0.1, -0.05) is 48.5 Å². The van der Waals surface area contributed by atoms with Crippen LogP contribution in [-0.4, -0.2) is 42.2 Å². The summed E-state index contributed by atoms with van der Waals surface area (Å²) in [5.41, 5.74) is 5.20. The van der Waals surface area contributed by atoms with Gasteiger partial charge in [-0.15, -0.1) is 0 Å². The lowest BCUT2D eigenvalue weighted by Gasteiger charge is -2.30. The van der Waals surface area contributed by atoms with Gasteiger partial charge in [-0.25, -0.2) is 4.98 Å². The van der Waals surface area contributed by atoms with Crippen molar-refractivity contribution >= 4 is 5.91 Å². The number of benzene rings is 2. The third-order valence-corrected chi connectivity index (χ3v) is 7.67. The highest BCUT2D eigenvalue weighted by Crippen LogP contribution is 2.51. The Morgan fingerprint density at radius 2 is 1.92 bits per heavy atom. The van der Waals surface area contributed by atoms with Crippen molar-refractivity contribution in [1.82, 2.24) is 24.6 Å². The minimum Gasteiger partial charge on any atom is -0.378 e. The summed E-state index contributed by atoms with van der Waals surface area (Å²) < 4.78 is 1.74. The van der Waals surface area contributed by atoms with Gasteiger partial charge in [0.2, 0.25) is 0 Å². The standard InChI is InChI=1S/C29H29N5O3/c1-18-22(16-33(2)32-18)19-7-6-8-20(15-19)25(35)27(37)34-14-11-24-23(17-34)26(36)31-28(30-24)29(12-13-29)21-9-4-3-5-10-21/h3-10,15-16,25,35H,11-14,17H2,1-2H3,(H,30,31,36). The molecule has 0 saturated heterocycles. The van der Waals surface area contributed by atoms with Gasteiger partial charge in [-0.05, 0) is 42.5 Å². The van der Waals surface area contributed by atoms with Crippen molar-refractivity contribution in [3.05, 3.63) is 105 Å². The summed E-state index contributed by atoms with van der Waals surface area (Å²) in [5.74, 6) is 0.293. The largest absolute Gasteiger partial charge is 0.378 e. The van der Waals surface area contributed by atoms with Gasteiger partial charge >= 0.3 is 0 Å². The molecule has 1 atom stereocenters. The van der Waals surface area contributed by atoms with Crippen LogP contribution in [0.4, 0.5) is 0 Å². The normalized spacial score (nSPS) is 16.8. The zero-order valence-corrected chi connectivity index (χ0v) is 20.9. The number of amides is 1. The van der Waals surface area contributed by atoms with E-state index in [1.54, 1.807) is 15.6 Å². The van der Waals surface area contributed by atoms with Crippen molar-refractivity contribution in [1.29, 1.82) is 0 Å². The Hall–Kier alpha value is -4.04. The van der Waals surface area contributed by atoms with Gasteiger partial charge in [0.15, 0.2) is 6.10 Å². The first-order chi connectivity index (χ1) is 17.9. The first-order valence-electron chi connectivity index (χ1n) is 12.6. The summed E-state index contributed by atoms with van der Waals surface area (Å²) in [6.45, 7) is 2.46. The van der Waals surface area contributed by atoms with Crippen LogP contribution in [0.25, 0.3) is 11.1 Å². The van der Waals surface area contributed by atoms with E-state index in [4.69, 9.17) is 4.98 Å². The molecule has 2 N–H and O–H groups in total. The van der Waals surface area contributed by atoms with E-state index >= 15 is 0 Å². The molecule has 37 heavy (non-hydrogen) atoms. The first-order valence-corrected chi connectivity index (χ1v) is 12.6. The molecule has 8 nitrogen and oxygen atoms in total. The summed E-state index contributed by atoms with van der Waals surface area (Å²) in [7, 11) is 1.86. The smallest absolute Gasteiger partial charge is 0.256 e. The molecule has 8 heteroatoms. The summed E-state index contributed by atoms with van der Waals surface area (Å²) in [5, 5.41) is 15.4. The molecule has 2 aromatic carbocycles. The number of H-pyrrole nitrogens is 1. The molecule has 1 fully saturated rings. The van der Waals surface area contributed by atoms with Crippen molar-refractivity contribution in [2.75, 3.05) is 6.54 Å². The molecule has 0 bridgehead atoms. The molecule has 2 aromatic heterocycles. The summed E-state index contributed by atoms with van der Waals surface area (Å²) in [4.78, 5) is 35.9. The number of hydrogen-bond donors (Lipinski definition) is 2. The van der Waals surface area contributed by atoms with Crippen molar-refractivity contribution < 1.29 is 9.90 Å². The number of aromatic nitrogens is 4.